The van der Waals surface area contributed by atoms with Crippen LogP contribution in [0.25, 0.3) is 0 Å². The van der Waals surface area contributed by atoms with Crippen molar-refractivity contribution in [2.75, 3.05) is 13.7 Å². The van der Waals surface area contributed by atoms with E-state index in [9.17, 15) is 9.59 Å². The van der Waals surface area contributed by atoms with Gasteiger partial charge in [0.1, 0.15) is 5.75 Å². The van der Waals surface area contributed by atoms with Crippen LogP contribution in [-0.4, -0.2) is 25.6 Å². The van der Waals surface area contributed by atoms with Gasteiger partial charge in [-0.25, -0.2) is 0 Å². The minimum atomic E-state index is -0.289. The van der Waals surface area contributed by atoms with Crippen molar-refractivity contribution in [1.82, 2.24) is 5.32 Å². The Labute approximate surface area is 118 Å². The molecule has 5 heteroatoms. The van der Waals surface area contributed by atoms with Crippen molar-refractivity contribution in [2.45, 2.75) is 19.9 Å². The summed E-state index contributed by atoms with van der Waals surface area (Å²) in [6.45, 7) is 2.19. The number of ether oxygens (including phenoxy) is 2. The zero-order valence-corrected chi connectivity index (χ0v) is 11.7. The van der Waals surface area contributed by atoms with Gasteiger partial charge in [0.05, 0.1) is 13.0 Å². The summed E-state index contributed by atoms with van der Waals surface area (Å²) in [5, 5.41) is 2.71. The standard InChI is InChI=1S/C15H19NO4/c1-10-7-13(10)15(18)20-9-14(17)16-8-11-3-5-12(19-2)6-4-11/h3-6,10,13H,7-9H2,1-2H3,(H,16,17)/t10-,13+/m1/s1. The zero-order chi connectivity index (χ0) is 14.5. The SMILES string of the molecule is COc1ccc(CNC(=O)COC(=O)[C@H]2C[C@H]2C)cc1. The fraction of sp³-hybridized carbons (Fsp3) is 0.467. The van der Waals surface area contributed by atoms with E-state index in [1.54, 1.807) is 7.11 Å². The predicted molar refractivity (Wildman–Crippen MR) is 73.1 cm³/mol. The van der Waals surface area contributed by atoms with Crippen molar-refractivity contribution < 1.29 is 19.1 Å². The second-order valence-corrected chi connectivity index (χ2v) is 5.05. The highest BCUT2D eigenvalue weighted by atomic mass is 16.5. The van der Waals surface area contributed by atoms with Gasteiger partial charge in [-0.15, -0.1) is 0 Å². The first-order chi connectivity index (χ1) is 9.60. The molecule has 0 spiro atoms. The lowest BCUT2D eigenvalue weighted by Gasteiger charge is -2.07. The summed E-state index contributed by atoms with van der Waals surface area (Å²) in [6.07, 6.45) is 0.867. The largest absolute Gasteiger partial charge is 0.497 e. The Morgan fingerprint density at radius 2 is 1.95 bits per heavy atom. The van der Waals surface area contributed by atoms with Crippen LogP contribution < -0.4 is 10.1 Å². The van der Waals surface area contributed by atoms with Crippen molar-refractivity contribution in [3.05, 3.63) is 29.8 Å². The zero-order valence-electron chi connectivity index (χ0n) is 11.7. The molecular weight excluding hydrogens is 258 g/mol. The van der Waals surface area contributed by atoms with Crippen molar-refractivity contribution in [2.24, 2.45) is 11.8 Å². The van der Waals surface area contributed by atoms with Crippen molar-refractivity contribution in [3.63, 3.8) is 0 Å². The van der Waals surface area contributed by atoms with E-state index in [0.717, 1.165) is 17.7 Å². The van der Waals surface area contributed by atoms with Gasteiger partial charge in [-0.2, -0.15) is 0 Å². The second kappa shape index (κ2) is 6.41. The van der Waals surface area contributed by atoms with E-state index >= 15 is 0 Å². The van der Waals surface area contributed by atoms with Crippen molar-refractivity contribution in [3.8, 4) is 5.75 Å². The van der Waals surface area contributed by atoms with Gasteiger partial charge in [-0.05, 0) is 30.0 Å². The number of rotatable bonds is 6. The molecule has 1 aromatic rings. The fourth-order valence-corrected chi connectivity index (χ4v) is 1.89. The van der Waals surface area contributed by atoms with E-state index < -0.39 is 0 Å². The highest BCUT2D eigenvalue weighted by Crippen LogP contribution is 2.38. The molecule has 1 aliphatic rings. The molecule has 5 nitrogen and oxygen atoms in total. The Bertz CT molecular complexity index is 483. The summed E-state index contributed by atoms with van der Waals surface area (Å²) in [5.41, 5.74) is 0.960. The first kappa shape index (κ1) is 14.4. The molecule has 1 aliphatic carbocycles. The van der Waals surface area contributed by atoms with Gasteiger partial charge in [-0.3, -0.25) is 9.59 Å². The van der Waals surface area contributed by atoms with Crippen LogP contribution in [0.3, 0.4) is 0 Å². The van der Waals surface area contributed by atoms with E-state index in [1.165, 1.54) is 0 Å². The third-order valence-electron chi connectivity index (χ3n) is 3.41. The average molecular weight is 277 g/mol. The van der Waals surface area contributed by atoms with E-state index in [2.05, 4.69) is 5.32 Å². The molecule has 0 aromatic heterocycles. The summed E-state index contributed by atoms with van der Waals surface area (Å²) in [4.78, 5) is 23.0. The first-order valence-corrected chi connectivity index (χ1v) is 6.66. The topological polar surface area (TPSA) is 64.6 Å². The van der Waals surface area contributed by atoms with Gasteiger partial charge in [0.25, 0.3) is 5.91 Å². The number of hydrogen-bond donors (Lipinski definition) is 1. The average Bonchev–Trinajstić information content (AvgIpc) is 3.20. The van der Waals surface area contributed by atoms with Crippen LogP contribution >= 0.6 is 0 Å². The number of carbonyl (C=O) groups excluding carboxylic acids is 2. The van der Waals surface area contributed by atoms with Crippen LogP contribution in [0.15, 0.2) is 24.3 Å². The number of nitrogens with one attached hydrogen (secondary N) is 1. The quantitative estimate of drug-likeness (QED) is 0.801. The Hall–Kier alpha value is -2.04. The molecule has 1 saturated carbocycles. The van der Waals surface area contributed by atoms with E-state index in [0.29, 0.717) is 12.5 Å². The molecule has 20 heavy (non-hydrogen) atoms. The van der Waals surface area contributed by atoms with Crippen LogP contribution in [0.4, 0.5) is 0 Å². The minimum Gasteiger partial charge on any atom is -0.497 e. The summed E-state index contributed by atoms with van der Waals surface area (Å²) in [5.74, 6) is 0.598. The molecule has 0 aliphatic heterocycles. The number of hydrogen-bond acceptors (Lipinski definition) is 4. The lowest BCUT2D eigenvalue weighted by molar-refractivity contribution is -0.150. The lowest BCUT2D eigenvalue weighted by Crippen LogP contribution is -2.28. The molecule has 0 heterocycles. The molecule has 1 fully saturated rings. The number of benzene rings is 1. The molecule has 2 atom stereocenters. The minimum absolute atomic E-state index is 0.00983. The molecule has 0 unspecified atom stereocenters. The van der Waals surface area contributed by atoms with Gasteiger partial charge in [0.15, 0.2) is 6.61 Å². The maximum atomic E-state index is 11.6. The van der Waals surface area contributed by atoms with Gasteiger partial charge in [-0.1, -0.05) is 19.1 Å². The maximum absolute atomic E-state index is 11.6. The highest BCUT2D eigenvalue weighted by Gasteiger charge is 2.40. The Morgan fingerprint density at radius 3 is 2.50 bits per heavy atom. The van der Waals surface area contributed by atoms with E-state index in [1.807, 2.05) is 31.2 Å². The van der Waals surface area contributed by atoms with Crippen molar-refractivity contribution in [1.29, 1.82) is 0 Å². The van der Waals surface area contributed by atoms with Gasteiger partial charge >= 0.3 is 5.97 Å². The lowest BCUT2D eigenvalue weighted by atomic mass is 10.2. The maximum Gasteiger partial charge on any atom is 0.309 e. The smallest absolute Gasteiger partial charge is 0.309 e. The molecule has 108 valence electrons. The molecular formula is C15H19NO4. The molecule has 0 saturated heterocycles. The van der Waals surface area contributed by atoms with Crippen LogP contribution in [0.1, 0.15) is 18.9 Å². The van der Waals surface area contributed by atoms with Crippen LogP contribution in [-0.2, 0) is 20.9 Å². The van der Waals surface area contributed by atoms with E-state index in [4.69, 9.17) is 9.47 Å². The van der Waals surface area contributed by atoms with E-state index in [-0.39, 0.29) is 24.4 Å². The number of amides is 1. The summed E-state index contributed by atoms with van der Waals surface area (Å²) in [7, 11) is 1.60. The van der Waals surface area contributed by atoms with Crippen molar-refractivity contribution >= 4 is 11.9 Å². The second-order valence-electron chi connectivity index (χ2n) is 5.05. The fourth-order valence-electron chi connectivity index (χ4n) is 1.89. The summed E-state index contributed by atoms with van der Waals surface area (Å²) < 4.78 is 10.0. The Kier molecular flexibility index (Phi) is 4.61. The molecule has 2 rings (SSSR count). The molecule has 1 aromatic carbocycles. The Balaban J connectivity index is 1.67. The predicted octanol–water partition coefficient (Wildman–Crippen LogP) is 1.51. The number of esters is 1. The summed E-state index contributed by atoms with van der Waals surface area (Å²) in [6, 6.07) is 7.40. The van der Waals surface area contributed by atoms with Crippen LogP contribution in [0.2, 0.25) is 0 Å². The third-order valence-corrected chi connectivity index (χ3v) is 3.41. The van der Waals surface area contributed by atoms with Crippen LogP contribution in [0, 0.1) is 11.8 Å². The monoisotopic (exact) mass is 277 g/mol. The van der Waals surface area contributed by atoms with Gasteiger partial charge < -0.3 is 14.8 Å². The van der Waals surface area contributed by atoms with Gasteiger partial charge in [0.2, 0.25) is 0 Å². The highest BCUT2D eigenvalue weighted by molar-refractivity contribution is 5.82. The molecule has 0 bridgehead atoms. The third kappa shape index (κ3) is 3.98. The van der Waals surface area contributed by atoms with Crippen LogP contribution in [0.5, 0.6) is 5.75 Å². The summed E-state index contributed by atoms with van der Waals surface area (Å²) >= 11 is 0. The Morgan fingerprint density at radius 1 is 1.30 bits per heavy atom. The molecule has 1 N–H and O–H groups in total. The number of carbonyl (C=O) groups is 2. The number of methoxy groups -OCH3 is 1. The molecule has 1 amide bonds. The molecule has 0 radical (unpaired) electrons. The first-order valence-electron chi connectivity index (χ1n) is 6.66. The van der Waals surface area contributed by atoms with Gasteiger partial charge in [0, 0.05) is 6.54 Å². The normalized spacial score (nSPS) is 20.1.